The van der Waals surface area contributed by atoms with Gasteiger partial charge in [-0.1, -0.05) is 13.8 Å². The summed E-state index contributed by atoms with van der Waals surface area (Å²) in [6, 6.07) is 5.26. The number of carbonyl (C=O) groups is 1. The number of rotatable bonds is 9. The second kappa shape index (κ2) is 10.9. The number of nitrogens with one attached hydrogen (secondary N) is 1. The van der Waals surface area contributed by atoms with Crippen molar-refractivity contribution in [1.29, 1.82) is 0 Å². The number of morpholine rings is 1. The van der Waals surface area contributed by atoms with Crippen LogP contribution in [0.3, 0.4) is 0 Å². The van der Waals surface area contributed by atoms with E-state index < -0.39 is 0 Å². The van der Waals surface area contributed by atoms with Crippen LogP contribution < -0.4 is 14.8 Å². The number of thiazole rings is 1. The molecule has 0 bridgehead atoms. The molecule has 8 heteroatoms. The van der Waals surface area contributed by atoms with Crippen LogP contribution >= 0.6 is 11.3 Å². The Morgan fingerprint density at radius 2 is 2.00 bits per heavy atom. The quantitative estimate of drug-likeness (QED) is 0.613. The summed E-state index contributed by atoms with van der Waals surface area (Å²) < 4.78 is 17.3. The number of ether oxygens (including phenoxy) is 3. The fraction of sp³-hybridized carbons (Fsp3) is 0.565. The Hall–Kier alpha value is -2.16. The highest BCUT2D eigenvalue weighted by Gasteiger charge is 2.23. The Labute approximate surface area is 188 Å². The van der Waals surface area contributed by atoms with Gasteiger partial charge in [0.1, 0.15) is 0 Å². The van der Waals surface area contributed by atoms with Crippen LogP contribution in [0.15, 0.2) is 23.6 Å². The summed E-state index contributed by atoms with van der Waals surface area (Å²) in [5, 5.41) is 5.49. The van der Waals surface area contributed by atoms with Crippen molar-refractivity contribution in [2.24, 2.45) is 5.92 Å². The molecule has 1 aromatic heterocycles. The maximum absolute atomic E-state index is 12.8. The van der Waals surface area contributed by atoms with Gasteiger partial charge in [-0.05, 0) is 44.9 Å². The van der Waals surface area contributed by atoms with Gasteiger partial charge in [0.25, 0.3) is 5.91 Å². The predicted molar refractivity (Wildman–Crippen MR) is 123 cm³/mol. The Kier molecular flexibility index (Phi) is 8.28. The van der Waals surface area contributed by atoms with Crippen LogP contribution in [-0.4, -0.2) is 54.3 Å². The van der Waals surface area contributed by atoms with Gasteiger partial charge < -0.3 is 14.2 Å². The zero-order valence-corrected chi connectivity index (χ0v) is 19.8. The van der Waals surface area contributed by atoms with E-state index in [-0.39, 0.29) is 18.1 Å². The summed E-state index contributed by atoms with van der Waals surface area (Å²) in [4.78, 5) is 19.7. The largest absolute Gasteiger partial charge is 0.490 e. The third-order valence-electron chi connectivity index (χ3n) is 4.73. The van der Waals surface area contributed by atoms with Gasteiger partial charge >= 0.3 is 0 Å². The Morgan fingerprint density at radius 1 is 1.26 bits per heavy atom. The highest BCUT2D eigenvalue weighted by Crippen LogP contribution is 2.29. The molecule has 0 unspecified atom stereocenters. The number of anilines is 1. The topological polar surface area (TPSA) is 72.9 Å². The number of benzene rings is 1. The van der Waals surface area contributed by atoms with Gasteiger partial charge in [0.15, 0.2) is 16.6 Å². The lowest BCUT2D eigenvalue weighted by atomic mass is 10.2. The fourth-order valence-electron chi connectivity index (χ4n) is 3.54. The van der Waals surface area contributed by atoms with E-state index in [2.05, 4.69) is 42.9 Å². The van der Waals surface area contributed by atoms with E-state index in [0.717, 1.165) is 25.3 Å². The van der Waals surface area contributed by atoms with E-state index in [1.807, 2.05) is 12.3 Å². The molecule has 1 fully saturated rings. The second-order valence-corrected chi connectivity index (χ2v) is 9.21. The number of nitrogens with zero attached hydrogens (tertiary/aromatic N) is 2. The van der Waals surface area contributed by atoms with E-state index >= 15 is 0 Å². The minimum Gasteiger partial charge on any atom is -0.490 e. The molecule has 1 aromatic carbocycles. The van der Waals surface area contributed by atoms with Crippen LogP contribution in [0.25, 0.3) is 0 Å². The van der Waals surface area contributed by atoms with Crippen LogP contribution in [0.4, 0.5) is 5.13 Å². The number of aromatic nitrogens is 1. The van der Waals surface area contributed by atoms with Gasteiger partial charge in [0, 0.05) is 30.6 Å². The number of hydrogen-bond donors (Lipinski definition) is 1. The molecule has 1 saturated heterocycles. The van der Waals surface area contributed by atoms with Crippen LogP contribution in [0.5, 0.6) is 11.5 Å². The normalized spacial score (nSPS) is 19.4. The molecule has 0 saturated carbocycles. The maximum Gasteiger partial charge on any atom is 0.257 e. The zero-order valence-electron chi connectivity index (χ0n) is 19.0. The molecule has 2 heterocycles. The third kappa shape index (κ3) is 6.92. The summed E-state index contributed by atoms with van der Waals surface area (Å²) in [6.07, 6.45) is 0.433. The van der Waals surface area contributed by atoms with Crippen molar-refractivity contribution in [3.63, 3.8) is 0 Å². The lowest BCUT2D eigenvalue weighted by Crippen LogP contribution is -2.44. The molecule has 0 aliphatic carbocycles. The van der Waals surface area contributed by atoms with E-state index in [9.17, 15) is 4.79 Å². The molecule has 31 heavy (non-hydrogen) atoms. The highest BCUT2D eigenvalue weighted by molar-refractivity contribution is 7.13. The standard InChI is InChI=1S/C23H33N3O4S/c1-6-28-21-9-18(7-8-20(21)29-13-15(2)3)22(27)25-23-24-19(14-31-23)12-26-10-16(4)30-17(5)11-26/h7-9,14-17H,6,10-13H2,1-5H3,(H,24,25,27)/t16-,17+. The molecular formula is C23H33N3O4S. The number of carbonyl (C=O) groups excluding carboxylic acids is 1. The van der Waals surface area contributed by atoms with Crippen molar-refractivity contribution in [3.8, 4) is 11.5 Å². The minimum absolute atomic E-state index is 0.216. The monoisotopic (exact) mass is 447 g/mol. The third-order valence-corrected chi connectivity index (χ3v) is 5.54. The van der Waals surface area contributed by atoms with Gasteiger partial charge in [-0.15, -0.1) is 11.3 Å². The Morgan fingerprint density at radius 3 is 2.68 bits per heavy atom. The van der Waals surface area contributed by atoms with Gasteiger partial charge in [-0.3, -0.25) is 15.0 Å². The van der Waals surface area contributed by atoms with E-state index in [1.165, 1.54) is 11.3 Å². The minimum atomic E-state index is -0.217. The lowest BCUT2D eigenvalue weighted by Gasteiger charge is -2.34. The molecule has 0 spiro atoms. The Balaban J connectivity index is 1.62. The van der Waals surface area contributed by atoms with Gasteiger partial charge in [0.05, 0.1) is 31.1 Å². The molecule has 170 valence electrons. The van der Waals surface area contributed by atoms with Crippen molar-refractivity contribution in [3.05, 3.63) is 34.8 Å². The summed E-state index contributed by atoms with van der Waals surface area (Å²) in [7, 11) is 0. The molecule has 2 atom stereocenters. The first-order valence-corrected chi connectivity index (χ1v) is 11.7. The van der Waals surface area contributed by atoms with Crippen molar-refractivity contribution < 1.29 is 19.0 Å². The van der Waals surface area contributed by atoms with Crippen molar-refractivity contribution in [2.45, 2.75) is 53.4 Å². The molecule has 1 amide bonds. The van der Waals surface area contributed by atoms with Crippen LogP contribution in [0, 0.1) is 5.92 Å². The molecule has 1 aliphatic heterocycles. The van der Waals surface area contributed by atoms with Crippen molar-refractivity contribution in [2.75, 3.05) is 31.6 Å². The first kappa shape index (κ1) is 23.5. The number of amides is 1. The summed E-state index contributed by atoms with van der Waals surface area (Å²) >= 11 is 1.43. The average molecular weight is 448 g/mol. The number of hydrogen-bond acceptors (Lipinski definition) is 7. The smallest absolute Gasteiger partial charge is 0.257 e. The zero-order chi connectivity index (χ0) is 22.4. The summed E-state index contributed by atoms with van der Waals surface area (Å²) in [5.74, 6) is 1.41. The fourth-order valence-corrected chi connectivity index (χ4v) is 4.24. The summed E-state index contributed by atoms with van der Waals surface area (Å²) in [6.45, 7) is 13.9. The molecule has 1 aliphatic rings. The molecule has 0 radical (unpaired) electrons. The molecule has 2 aromatic rings. The molecule has 1 N–H and O–H groups in total. The molecule has 7 nitrogen and oxygen atoms in total. The lowest BCUT2D eigenvalue weighted by molar-refractivity contribution is -0.0707. The SMILES string of the molecule is CCOc1cc(C(=O)Nc2nc(CN3C[C@@H](C)O[C@@H](C)C3)cs2)ccc1OCC(C)C. The summed E-state index contributed by atoms with van der Waals surface area (Å²) in [5.41, 5.74) is 1.46. The second-order valence-electron chi connectivity index (χ2n) is 8.35. The average Bonchev–Trinajstić information content (AvgIpc) is 3.12. The van der Waals surface area contributed by atoms with Gasteiger partial charge in [-0.25, -0.2) is 4.98 Å². The van der Waals surface area contributed by atoms with E-state index in [0.29, 0.717) is 41.3 Å². The molecular weight excluding hydrogens is 414 g/mol. The maximum atomic E-state index is 12.8. The van der Waals surface area contributed by atoms with Crippen molar-refractivity contribution in [1.82, 2.24) is 9.88 Å². The van der Waals surface area contributed by atoms with Gasteiger partial charge in [-0.2, -0.15) is 0 Å². The first-order chi connectivity index (χ1) is 14.8. The highest BCUT2D eigenvalue weighted by atomic mass is 32.1. The predicted octanol–water partition coefficient (Wildman–Crippen LogP) is 4.44. The van der Waals surface area contributed by atoms with Crippen LogP contribution in [0.1, 0.15) is 50.7 Å². The first-order valence-electron chi connectivity index (χ1n) is 10.9. The molecule has 3 rings (SSSR count). The van der Waals surface area contributed by atoms with Crippen LogP contribution in [-0.2, 0) is 11.3 Å². The van der Waals surface area contributed by atoms with Gasteiger partial charge in [0.2, 0.25) is 0 Å². The Bertz CT molecular complexity index is 860. The van der Waals surface area contributed by atoms with E-state index in [4.69, 9.17) is 14.2 Å². The van der Waals surface area contributed by atoms with E-state index in [1.54, 1.807) is 18.2 Å². The van der Waals surface area contributed by atoms with Crippen LogP contribution in [0.2, 0.25) is 0 Å². The van der Waals surface area contributed by atoms with Crippen molar-refractivity contribution >= 4 is 22.4 Å².